The molecule has 0 N–H and O–H groups in total. The number of aromatic nitrogens is 2. The van der Waals surface area contributed by atoms with Crippen LogP contribution in [0.1, 0.15) is 29.7 Å². The Hall–Kier alpha value is -2.47. The molecule has 4 atom stereocenters. The lowest BCUT2D eigenvalue weighted by molar-refractivity contribution is -0.124. The van der Waals surface area contributed by atoms with Gasteiger partial charge >= 0.3 is 0 Å². The maximum Gasteiger partial charge on any atom is 0.241 e. The van der Waals surface area contributed by atoms with Crippen LogP contribution < -0.4 is 4.90 Å². The molecule has 26 heavy (non-hydrogen) atoms. The van der Waals surface area contributed by atoms with E-state index in [1.807, 2.05) is 29.8 Å². The highest BCUT2D eigenvalue weighted by Gasteiger charge is 2.63. The van der Waals surface area contributed by atoms with Gasteiger partial charge in [-0.25, -0.2) is 4.90 Å². The molecule has 0 aliphatic carbocycles. The van der Waals surface area contributed by atoms with E-state index in [2.05, 4.69) is 24.2 Å². The number of amides is 2. The van der Waals surface area contributed by atoms with Crippen molar-refractivity contribution in [1.82, 2.24) is 9.78 Å². The Labute approximate surface area is 151 Å². The summed E-state index contributed by atoms with van der Waals surface area (Å²) in [5.74, 6) is -0.480. The first-order valence-corrected chi connectivity index (χ1v) is 9.17. The van der Waals surface area contributed by atoms with Crippen molar-refractivity contribution in [2.75, 3.05) is 4.90 Å². The lowest BCUT2D eigenvalue weighted by Gasteiger charge is -2.15. The molecule has 3 aliphatic heterocycles. The highest BCUT2D eigenvalue weighted by atomic mass is 16.5. The van der Waals surface area contributed by atoms with E-state index in [-0.39, 0.29) is 35.9 Å². The third-order valence-electron chi connectivity index (χ3n) is 6.06. The number of rotatable bonds is 3. The second-order valence-corrected chi connectivity index (χ2v) is 7.58. The summed E-state index contributed by atoms with van der Waals surface area (Å²) in [7, 11) is 0. The molecule has 1 aromatic carbocycles. The Morgan fingerprint density at radius 2 is 1.73 bits per heavy atom. The van der Waals surface area contributed by atoms with Crippen molar-refractivity contribution >= 4 is 17.6 Å². The van der Waals surface area contributed by atoms with Crippen molar-refractivity contribution in [1.29, 1.82) is 0 Å². The molecule has 0 radical (unpaired) electrons. The van der Waals surface area contributed by atoms with Crippen LogP contribution in [0.25, 0.3) is 0 Å². The zero-order valence-electron chi connectivity index (χ0n) is 14.9. The summed E-state index contributed by atoms with van der Waals surface area (Å²) in [4.78, 5) is 27.1. The van der Waals surface area contributed by atoms with E-state index >= 15 is 0 Å². The fourth-order valence-corrected chi connectivity index (χ4v) is 4.65. The number of fused-ring (bicyclic) bond motifs is 5. The molecule has 3 aliphatic rings. The number of carbonyl (C=O) groups is 2. The standard InChI is InChI=1S/C20H21N3O3/c1-11-5-3-4-6-13(11)10-22-12(2)9-16(21-22)23-19(24)17-14-7-8-15(26-14)18(17)20(23)25/h3-6,9,14-15,17-18H,7-8,10H2,1-2H3/t14-,15-,17+,18+/m1/s1. The van der Waals surface area contributed by atoms with Gasteiger partial charge in [-0.1, -0.05) is 24.3 Å². The van der Waals surface area contributed by atoms with Crippen LogP contribution in [0.15, 0.2) is 30.3 Å². The molecule has 3 fully saturated rings. The predicted octanol–water partition coefficient (Wildman–Crippen LogP) is 2.22. The molecule has 3 saturated heterocycles. The normalized spacial score (nSPS) is 29.7. The smallest absolute Gasteiger partial charge is 0.241 e. The number of nitrogens with zero attached hydrogens (tertiary/aromatic N) is 3. The van der Waals surface area contributed by atoms with Gasteiger partial charge in [0.25, 0.3) is 0 Å². The van der Waals surface area contributed by atoms with Crippen LogP contribution in [-0.2, 0) is 20.9 Å². The number of carbonyl (C=O) groups excluding carboxylic acids is 2. The Balaban J connectivity index is 1.46. The van der Waals surface area contributed by atoms with Crippen LogP contribution in [0, 0.1) is 25.7 Å². The summed E-state index contributed by atoms with van der Waals surface area (Å²) >= 11 is 0. The molecular weight excluding hydrogens is 330 g/mol. The number of anilines is 1. The summed E-state index contributed by atoms with van der Waals surface area (Å²) in [6, 6.07) is 9.99. The van der Waals surface area contributed by atoms with Gasteiger partial charge in [0, 0.05) is 11.8 Å². The van der Waals surface area contributed by atoms with Gasteiger partial charge in [-0.2, -0.15) is 5.10 Å². The Bertz CT molecular complexity index is 891. The van der Waals surface area contributed by atoms with Crippen LogP contribution in [0.4, 0.5) is 5.82 Å². The van der Waals surface area contributed by atoms with Gasteiger partial charge in [-0.15, -0.1) is 0 Å². The molecule has 1 aromatic heterocycles. The molecule has 2 bridgehead atoms. The zero-order chi connectivity index (χ0) is 18.0. The van der Waals surface area contributed by atoms with E-state index in [1.165, 1.54) is 16.0 Å². The topological polar surface area (TPSA) is 64.4 Å². The van der Waals surface area contributed by atoms with E-state index < -0.39 is 0 Å². The van der Waals surface area contributed by atoms with Crippen LogP contribution in [-0.4, -0.2) is 33.8 Å². The molecule has 5 rings (SSSR count). The molecule has 0 unspecified atom stereocenters. The van der Waals surface area contributed by atoms with Crippen LogP contribution in [0.2, 0.25) is 0 Å². The Kier molecular flexibility index (Phi) is 3.34. The minimum Gasteiger partial charge on any atom is -0.373 e. The number of hydrogen-bond donors (Lipinski definition) is 0. The zero-order valence-corrected chi connectivity index (χ0v) is 14.9. The SMILES string of the molecule is Cc1ccccc1Cn1nc(N2C(=O)[C@@H]3[C@@H](C2=O)[C@H]2CC[C@H]3O2)cc1C. The van der Waals surface area contributed by atoms with Gasteiger partial charge in [0.05, 0.1) is 30.6 Å². The Morgan fingerprint density at radius 3 is 2.38 bits per heavy atom. The Morgan fingerprint density at radius 1 is 1.08 bits per heavy atom. The molecule has 2 amide bonds. The monoisotopic (exact) mass is 351 g/mol. The molecule has 4 heterocycles. The first-order chi connectivity index (χ1) is 12.5. The van der Waals surface area contributed by atoms with Crippen molar-refractivity contribution < 1.29 is 14.3 Å². The first kappa shape index (κ1) is 15.8. The van der Waals surface area contributed by atoms with Gasteiger partial charge in [-0.05, 0) is 37.8 Å². The molecular formula is C20H21N3O3. The fourth-order valence-electron chi connectivity index (χ4n) is 4.65. The number of aryl methyl sites for hydroxylation is 2. The van der Waals surface area contributed by atoms with Crippen molar-refractivity contribution in [3.63, 3.8) is 0 Å². The van der Waals surface area contributed by atoms with E-state index in [4.69, 9.17) is 4.74 Å². The number of ether oxygens (including phenoxy) is 1. The quantitative estimate of drug-likeness (QED) is 0.796. The van der Waals surface area contributed by atoms with E-state index in [0.717, 1.165) is 18.5 Å². The third kappa shape index (κ3) is 2.11. The number of benzene rings is 1. The summed E-state index contributed by atoms with van der Waals surface area (Å²) in [6.45, 7) is 4.64. The van der Waals surface area contributed by atoms with E-state index in [0.29, 0.717) is 12.4 Å². The average molecular weight is 351 g/mol. The molecule has 6 heteroatoms. The lowest BCUT2D eigenvalue weighted by Crippen LogP contribution is -2.34. The minimum atomic E-state index is -0.317. The summed E-state index contributed by atoms with van der Waals surface area (Å²) in [5, 5.41) is 4.59. The van der Waals surface area contributed by atoms with Crippen LogP contribution in [0.3, 0.4) is 0 Å². The summed E-state index contributed by atoms with van der Waals surface area (Å²) < 4.78 is 7.65. The first-order valence-electron chi connectivity index (χ1n) is 9.17. The van der Waals surface area contributed by atoms with Gasteiger partial charge in [-0.3, -0.25) is 14.3 Å². The second kappa shape index (κ2) is 5.51. The highest BCUT2D eigenvalue weighted by molar-refractivity contribution is 6.22. The van der Waals surface area contributed by atoms with Crippen molar-refractivity contribution in [2.24, 2.45) is 11.8 Å². The third-order valence-corrected chi connectivity index (χ3v) is 6.06. The van der Waals surface area contributed by atoms with Crippen molar-refractivity contribution in [3.8, 4) is 0 Å². The molecule has 134 valence electrons. The van der Waals surface area contributed by atoms with E-state index in [9.17, 15) is 9.59 Å². The largest absolute Gasteiger partial charge is 0.373 e. The summed E-state index contributed by atoms with van der Waals surface area (Å²) in [5.41, 5.74) is 3.30. The van der Waals surface area contributed by atoms with Crippen LogP contribution >= 0.6 is 0 Å². The molecule has 2 aromatic rings. The number of hydrogen-bond acceptors (Lipinski definition) is 4. The van der Waals surface area contributed by atoms with Crippen LogP contribution in [0.5, 0.6) is 0 Å². The highest BCUT2D eigenvalue weighted by Crippen LogP contribution is 2.49. The van der Waals surface area contributed by atoms with Crippen molar-refractivity contribution in [2.45, 2.75) is 45.4 Å². The maximum absolute atomic E-state index is 12.9. The molecule has 6 nitrogen and oxygen atoms in total. The van der Waals surface area contributed by atoms with Gasteiger partial charge in [0.2, 0.25) is 11.8 Å². The predicted molar refractivity (Wildman–Crippen MR) is 94.6 cm³/mol. The van der Waals surface area contributed by atoms with Gasteiger partial charge in [0.1, 0.15) is 0 Å². The van der Waals surface area contributed by atoms with E-state index in [1.54, 1.807) is 0 Å². The average Bonchev–Trinajstić information content (AvgIpc) is 3.35. The van der Waals surface area contributed by atoms with Gasteiger partial charge in [0.15, 0.2) is 5.82 Å². The fraction of sp³-hybridized carbons (Fsp3) is 0.450. The second-order valence-electron chi connectivity index (χ2n) is 7.58. The number of imide groups is 1. The maximum atomic E-state index is 12.9. The summed E-state index contributed by atoms with van der Waals surface area (Å²) in [6.07, 6.45) is 1.56. The van der Waals surface area contributed by atoms with Gasteiger partial charge < -0.3 is 4.74 Å². The minimum absolute atomic E-state index is 0.0957. The van der Waals surface area contributed by atoms with Crippen molar-refractivity contribution in [3.05, 3.63) is 47.2 Å². The lowest BCUT2D eigenvalue weighted by atomic mass is 9.81. The molecule has 0 spiro atoms. The molecule has 0 saturated carbocycles.